The summed E-state index contributed by atoms with van der Waals surface area (Å²) in [6, 6.07) is 14.5. The van der Waals surface area contributed by atoms with E-state index >= 15 is 0 Å². The fourth-order valence-corrected chi connectivity index (χ4v) is 2.06. The number of benzene rings is 2. The average molecular weight is 283 g/mol. The lowest BCUT2D eigenvalue weighted by atomic mass is 10.3. The van der Waals surface area contributed by atoms with Crippen molar-refractivity contribution in [3.05, 3.63) is 66.7 Å². The SMILES string of the molecule is COc1ccc(-n2ccnc2Nc2ccccc2)cc1F. The molecule has 3 aromatic rings. The highest BCUT2D eigenvalue weighted by atomic mass is 19.1. The fourth-order valence-electron chi connectivity index (χ4n) is 2.06. The zero-order chi connectivity index (χ0) is 14.7. The summed E-state index contributed by atoms with van der Waals surface area (Å²) in [7, 11) is 1.44. The number of nitrogens with zero attached hydrogens (tertiary/aromatic N) is 2. The first kappa shape index (κ1) is 13.2. The Labute approximate surface area is 121 Å². The second kappa shape index (κ2) is 5.66. The molecule has 5 heteroatoms. The van der Waals surface area contributed by atoms with Gasteiger partial charge >= 0.3 is 0 Å². The van der Waals surface area contributed by atoms with Crippen LogP contribution < -0.4 is 10.1 Å². The van der Waals surface area contributed by atoms with Crippen molar-refractivity contribution in [1.29, 1.82) is 0 Å². The lowest BCUT2D eigenvalue weighted by molar-refractivity contribution is 0.386. The molecule has 0 fully saturated rings. The van der Waals surface area contributed by atoms with Gasteiger partial charge in [-0.25, -0.2) is 9.37 Å². The predicted molar refractivity (Wildman–Crippen MR) is 79.8 cm³/mol. The highest BCUT2D eigenvalue weighted by Gasteiger charge is 2.09. The summed E-state index contributed by atoms with van der Waals surface area (Å²) in [4.78, 5) is 4.26. The molecule has 1 aromatic heterocycles. The quantitative estimate of drug-likeness (QED) is 0.792. The van der Waals surface area contributed by atoms with E-state index in [-0.39, 0.29) is 5.75 Å². The van der Waals surface area contributed by atoms with Crippen LogP contribution in [0.3, 0.4) is 0 Å². The number of halogens is 1. The number of rotatable bonds is 4. The summed E-state index contributed by atoms with van der Waals surface area (Å²) in [5.41, 5.74) is 1.59. The van der Waals surface area contributed by atoms with Gasteiger partial charge in [0.1, 0.15) is 0 Å². The summed E-state index contributed by atoms with van der Waals surface area (Å²) >= 11 is 0. The highest BCUT2D eigenvalue weighted by Crippen LogP contribution is 2.23. The van der Waals surface area contributed by atoms with Gasteiger partial charge in [-0.1, -0.05) is 18.2 Å². The molecule has 0 spiro atoms. The Hall–Kier alpha value is -2.82. The third-order valence-electron chi connectivity index (χ3n) is 3.08. The van der Waals surface area contributed by atoms with Crippen molar-refractivity contribution in [2.45, 2.75) is 0 Å². The van der Waals surface area contributed by atoms with Gasteiger partial charge in [0.15, 0.2) is 11.6 Å². The van der Waals surface area contributed by atoms with Crippen molar-refractivity contribution < 1.29 is 9.13 Å². The van der Waals surface area contributed by atoms with Crippen LogP contribution in [0.25, 0.3) is 5.69 Å². The van der Waals surface area contributed by atoms with Crippen molar-refractivity contribution in [2.24, 2.45) is 0 Å². The normalized spacial score (nSPS) is 10.4. The molecular formula is C16H14FN3O. The fraction of sp³-hybridized carbons (Fsp3) is 0.0625. The maximum Gasteiger partial charge on any atom is 0.212 e. The van der Waals surface area contributed by atoms with Crippen LogP contribution in [0.2, 0.25) is 0 Å². The monoisotopic (exact) mass is 283 g/mol. The van der Waals surface area contributed by atoms with E-state index in [2.05, 4.69) is 10.3 Å². The molecule has 0 aliphatic heterocycles. The Morgan fingerprint density at radius 1 is 1.14 bits per heavy atom. The second-order valence-electron chi connectivity index (χ2n) is 4.43. The van der Waals surface area contributed by atoms with Gasteiger partial charge in [0.25, 0.3) is 0 Å². The molecule has 4 nitrogen and oxygen atoms in total. The Morgan fingerprint density at radius 3 is 2.67 bits per heavy atom. The molecule has 0 radical (unpaired) electrons. The van der Waals surface area contributed by atoms with E-state index in [1.807, 2.05) is 30.3 Å². The smallest absolute Gasteiger partial charge is 0.212 e. The van der Waals surface area contributed by atoms with Crippen LogP contribution in [0.15, 0.2) is 60.9 Å². The zero-order valence-corrected chi connectivity index (χ0v) is 11.5. The lowest BCUT2D eigenvalue weighted by Gasteiger charge is -2.11. The topological polar surface area (TPSA) is 39.1 Å². The predicted octanol–water partition coefficient (Wildman–Crippen LogP) is 3.76. The van der Waals surface area contributed by atoms with Gasteiger partial charge in [0, 0.05) is 24.1 Å². The number of ether oxygens (including phenoxy) is 1. The molecule has 1 N–H and O–H groups in total. The molecule has 0 aliphatic rings. The van der Waals surface area contributed by atoms with Crippen LogP contribution in [0.1, 0.15) is 0 Å². The molecule has 1 heterocycles. The van der Waals surface area contributed by atoms with Gasteiger partial charge in [0.05, 0.1) is 12.8 Å². The Balaban J connectivity index is 1.93. The number of aromatic nitrogens is 2. The number of hydrogen-bond donors (Lipinski definition) is 1. The van der Waals surface area contributed by atoms with Crippen LogP contribution in [0.4, 0.5) is 16.0 Å². The van der Waals surface area contributed by atoms with Crippen molar-refractivity contribution in [2.75, 3.05) is 12.4 Å². The van der Waals surface area contributed by atoms with E-state index in [4.69, 9.17) is 4.74 Å². The number of imidazole rings is 1. The van der Waals surface area contributed by atoms with Crippen molar-refractivity contribution in [3.63, 3.8) is 0 Å². The first-order valence-electron chi connectivity index (χ1n) is 6.47. The average Bonchev–Trinajstić information content (AvgIpc) is 2.96. The van der Waals surface area contributed by atoms with Gasteiger partial charge < -0.3 is 10.1 Å². The molecule has 0 amide bonds. The molecule has 3 rings (SSSR count). The van der Waals surface area contributed by atoms with Crippen molar-refractivity contribution in [1.82, 2.24) is 9.55 Å². The largest absolute Gasteiger partial charge is 0.494 e. The van der Waals surface area contributed by atoms with Gasteiger partial charge in [-0.15, -0.1) is 0 Å². The number of methoxy groups -OCH3 is 1. The first-order chi connectivity index (χ1) is 10.3. The van der Waals surface area contributed by atoms with Crippen molar-refractivity contribution >= 4 is 11.6 Å². The van der Waals surface area contributed by atoms with Gasteiger partial charge in [0.2, 0.25) is 5.95 Å². The molecule has 21 heavy (non-hydrogen) atoms. The van der Waals surface area contributed by atoms with Crippen LogP contribution in [-0.4, -0.2) is 16.7 Å². The molecule has 0 saturated heterocycles. The van der Waals surface area contributed by atoms with Crippen LogP contribution in [-0.2, 0) is 0 Å². The van der Waals surface area contributed by atoms with Gasteiger partial charge in [-0.05, 0) is 24.3 Å². The summed E-state index contributed by atoms with van der Waals surface area (Å²) in [5.74, 6) is 0.427. The number of nitrogens with one attached hydrogen (secondary N) is 1. The highest BCUT2D eigenvalue weighted by molar-refractivity contribution is 5.56. The third-order valence-corrected chi connectivity index (χ3v) is 3.08. The molecule has 0 saturated carbocycles. The van der Waals surface area contributed by atoms with E-state index in [0.29, 0.717) is 11.6 Å². The summed E-state index contributed by atoms with van der Waals surface area (Å²) in [6.07, 6.45) is 3.43. The Kier molecular flexibility index (Phi) is 3.55. The molecular weight excluding hydrogens is 269 g/mol. The number of hydrogen-bond acceptors (Lipinski definition) is 3. The Morgan fingerprint density at radius 2 is 1.95 bits per heavy atom. The minimum atomic E-state index is -0.408. The third kappa shape index (κ3) is 2.72. The summed E-state index contributed by atoms with van der Waals surface area (Å²) in [5, 5.41) is 3.20. The molecule has 2 aromatic carbocycles. The molecule has 0 unspecified atom stereocenters. The number of anilines is 2. The summed E-state index contributed by atoms with van der Waals surface area (Å²) in [6.45, 7) is 0. The summed E-state index contributed by atoms with van der Waals surface area (Å²) < 4.78 is 20.5. The van der Waals surface area contributed by atoms with E-state index < -0.39 is 5.82 Å². The van der Waals surface area contributed by atoms with Gasteiger partial charge in [-0.3, -0.25) is 4.57 Å². The lowest BCUT2D eigenvalue weighted by Crippen LogP contribution is -2.01. The second-order valence-corrected chi connectivity index (χ2v) is 4.43. The molecule has 0 bridgehead atoms. The zero-order valence-electron chi connectivity index (χ0n) is 11.5. The minimum absolute atomic E-state index is 0.219. The van der Waals surface area contributed by atoms with E-state index in [9.17, 15) is 4.39 Å². The van der Waals surface area contributed by atoms with Crippen LogP contribution >= 0.6 is 0 Å². The van der Waals surface area contributed by atoms with Crippen LogP contribution in [0, 0.1) is 5.82 Å². The molecule has 106 valence electrons. The van der Waals surface area contributed by atoms with Gasteiger partial charge in [-0.2, -0.15) is 0 Å². The molecule has 0 aliphatic carbocycles. The standard InChI is InChI=1S/C16H14FN3O/c1-21-15-8-7-13(11-14(15)17)20-10-9-18-16(20)19-12-5-3-2-4-6-12/h2-11H,1H3,(H,18,19). The minimum Gasteiger partial charge on any atom is -0.494 e. The number of para-hydroxylation sites is 1. The first-order valence-corrected chi connectivity index (χ1v) is 6.47. The van der Waals surface area contributed by atoms with Crippen molar-refractivity contribution in [3.8, 4) is 11.4 Å². The molecule has 0 atom stereocenters. The Bertz CT molecular complexity index is 740. The van der Waals surface area contributed by atoms with E-state index in [1.54, 1.807) is 29.1 Å². The maximum absolute atomic E-state index is 13.8. The van der Waals surface area contributed by atoms with E-state index in [1.165, 1.54) is 13.2 Å². The van der Waals surface area contributed by atoms with E-state index in [0.717, 1.165) is 5.69 Å². The van der Waals surface area contributed by atoms with Crippen LogP contribution in [0.5, 0.6) is 5.75 Å². The maximum atomic E-state index is 13.8.